The molecular weight excluding hydrogens is 232 g/mol. The van der Waals surface area contributed by atoms with Crippen LogP contribution in [-0.2, 0) is 4.74 Å². The molecule has 1 saturated heterocycles. The Morgan fingerprint density at radius 1 is 1.50 bits per heavy atom. The highest BCUT2D eigenvalue weighted by Crippen LogP contribution is 2.26. The normalized spacial score (nSPS) is 20.5. The van der Waals surface area contributed by atoms with Crippen LogP contribution in [-0.4, -0.2) is 46.5 Å². The highest BCUT2D eigenvalue weighted by molar-refractivity contribution is 5.87. The third kappa shape index (κ3) is 1.86. The Morgan fingerprint density at radius 3 is 3.22 bits per heavy atom. The van der Waals surface area contributed by atoms with Crippen molar-refractivity contribution >= 4 is 22.8 Å². The molecule has 0 spiro atoms. The molecule has 0 bridgehead atoms. The lowest BCUT2D eigenvalue weighted by Crippen LogP contribution is -2.39. The fraction of sp³-hybridized carbons (Fsp3) is 0.545. The lowest BCUT2D eigenvalue weighted by molar-refractivity contribution is 0.0892. The summed E-state index contributed by atoms with van der Waals surface area (Å²) < 4.78 is 5.43. The maximum Gasteiger partial charge on any atom is 0.224 e. The van der Waals surface area contributed by atoms with E-state index in [2.05, 4.69) is 25.1 Å². The van der Waals surface area contributed by atoms with E-state index >= 15 is 0 Å². The number of rotatable bonds is 2. The molecule has 0 aliphatic carbocycles. The smallest absolute Gasteiger partial charge is 0.224 e. The van der Waals surface area contributed by atoms with E-state index in [4.69, 9.17) is 10.5 Å². The number of anilines is 2. The maximum absolute atomic E-state index is 5.73. The molecule has 1 unspecified atom stereocenters. The summed E-state index contributed by atoms with van der Waals surface area (Å²) in [7, 11) is 1.75. The molecule has 0 aromatic carbocycles. The van der Waals surface area contributed by atoms with Crippen LogP contribution in [0.15, 0.2) is 6.20 Å². The molecule has 0 radical (unpaired) electrons. The number of nitrogen functional groups attached to an aromatic ring is 1. The number of aromatic amines is 1. The molecule has 3 rings (SSSR count). The van der Waals surface area contributed by atoms with Gasteiger partial charge in [0.05, 0.1) is 17.7 Å². The fourth-order valence-corrected chi connectivity index (χ4v) is 2.40. The monoisotopic (exact) mass is 248 g/mol. The van der Waals surface area contributed by atoms with Crippen molar-refractivity contribution in [3.8, 4) is 0 Å². The lowest BCUT2D eigenvalue weighted by atomic mass is 10.1. The molecule has 96 valence electrons. The fourth-order valence-electron chi connectivity index (χ4n) is 2.40. The zero-order valence-corrected chi connectivity index (χ0v) is 10.3. The predicted molar refractivity (Wildman–Crippen MR) is 68.3 cm³/mol. The first kappa shape index (κ1) is 11.2. The minimum atomic E-state index is 0.247. The standard InChI is InChI=1S/C11H16N6O/c1-18-7-3-2-4-17(6-7)10-8-5-13-16-9(8)14-11(12)15-10/h5,7H,2-4,6H2,1H3,(H3,12,13,14,15,16). The van der Waals surface area contributed by atoms with Crippen molar-refractivity contribution in [2.45, 2.75) is 18.9 Å². The SMILES string of the molecule is COC1CCCN(c2nc(N)nc3[nH]ncc23)C1. The van der Waals surface area contributed by atoms with Gasteiger partial charge < -0.3 is 15.4 Å². The topological polar surface area (TPSA) is 93.0 Å². The summed E-state index contributed by atoms with van der Waals surface area (Å²) in [5.41, 5.74) is 6.41. The number of hydrogen-bond acceptors (Lipinski definition) is 6. The Hall–Kier alpha value is -1.89. The highest BCUT2D eigenvalue weighted by atomic mass is 16.5. The summed E-state index contributed by atoms with van der Waals surface area (Å²) in [6.45, 7) is 1.78. The van der Waals surface area contributed by atoms with Crippen LogP contribution < -0.4 is 10.6 Å². The molecule has 2 aromatic rings. The molecule has 2 aromatic heterocycles. The first-order valence-electron chi connectivity index (χ1n) is 6.02. The molecule has 3 N–H and O–H groups in total. The van der Waals surface area contributed by atoms with Crippen molar-refractivity contribution in [1.29, 1.82) is 0 Å². The Balaban J connectivity index is 2.00. The van der Waals surface area contributed by atoms with Crippen LogP contribution in [0.2, 0.25) is 0 Å². The number of aromatic nitrogens is 4. The van der Waals surface area contributed by atoms with Crippen LogP contribution in [0.5, 0.6) is 0 Å². The van der Waals surface area contributed by atoms with E-state index in [9.17, 15) is 0 Å². The molecule has 1 atom stereocenters. The minimum Gasteiger partial charge on any atom is -0.380 e. The Kier molecular flexibility index (Phi) is 2.75. The van der Waals surface area contributed by atoms with Crippen molar-refractivity contribution in [3.63, 3.8) is 0 Å². The zero-order valence-electron chi connectivity index (χ0n) is 10.3. The van der Waals surface area contributed by atoms with Gasteiger partial charge in [-0.05, 0) is 12.8 Å². The molecule has 0 saturated carbocycles. The highest BCUT2D eigenvalue weighted by Gasteiger charge is 2.23. The summed E-state index contributed by atoms with van der Waals surface area (Å²) in [5.74, 6) is 1.11. The summed E-state index contributed by atoms with van der Waals surface area (Å²) in [4.78, 5) is 10.7. The third-order valence-corrected chi connectivity index (χ3v) is 3.32. The van der Waals surface area contributed by atoms with Gasteiger partial charge in [0.2, 0.25) is 5.95 Å². The van der Waals surface area contributed by atoms with Crippen LogP contribution in [0.25, 0.3) is 11.0 Å². The number of H-pyrrole nitrogens is 1. The van der Waals surface area contributed by atoms with Crippen LogP contribution in [0, 0.1) is 0 Å². The van der Waals surface area contributed by atoms with Gasteiger partial charge in [-0.2, -0.15) is 15.1 Å². The van der Waals surface area contributed by atoms with E-state index in [1.807, 2.05) is 0 Å². The zero-order chi connectivity index (χ0) is 12.5. The average molecular weight is 248 g/mol. The van der Waals surface area contributed by atoms with Gasteiger partial charge in [-0.1, -0.05) is 0 Å². The van der Waals surface area contributed by atoms with Crippen LogP contribution >= 0.6 is 0 Å². The van der Waals surface area contributed by atoms with E-state index in [1.165, 1.54) is 0 Å². The van der Waals surface area contributed by atoms with Gasteiger partial charge in [-0.15, -0.1) is 0 Å². The van der Waals surface area contributed by atoms with Gasteiger partial charge in [0.25, 0.3) is 0 Å². The van der Waals surface area contributed by atoms with E-state index in [0.29, 0.717) is 5.65 Å². The first-order valence-corrected chi connectivity index (χ1v) is 6.02. The van der Waals surface area contributed by atoms with Crippen LogP contribution in [0.1, 0.15) is 12.8 Å². The number of fused-ring (bicyclic) bond motifs is 1. The third-order valence-electron chi connectivity index (χ3n) is 3.32. The van der Waals surface area contributed by atoms with Crippen LogP contribution in [0.4, 0.5) is 11.8 Å². The average Bonchev–Trinajstić information content (AvgIpc) is 2.85. The van der Waals surface area contributed by atoms with E-state index in [1.54, 1.807) is 13.3 Å². The lowest BCUT2D eigenvalue weighted by Gasteiger charge is -2.32. The number of hydrogen-bond donors (Lipinski definition) is 2. The van der Waals surface area contributed by atoms with Gasteiger partial charge in [0.15, 0.2) is 5.65 Å². The number of methoxy groups -OCH3 is 1. The minimum absolute atomic E-state index is 0.247. The molecule has 1 fully saturated rings. The van der Waals surface area contributed by atoms with Crippen molar-refractivity contribution < 1.29 is 4.74 Å². The quantitative estimate of drug-likeness (QED) is 0.806. The number of nitrogens with one attached hydrogen (secondary N) is 1. The van der Waals surface area contributed by atoms with E-state index in [0.717, 1.165) is 37.1 Å². The molecule has 0 amide bonds. The number of nitrogens with two attached hydrogens (primary N) is 1. The number of ether oxygens (including phenoxy) is 1. The predicted octanol–water partition coefficient (Wildman–Crippen LogP) is 0.550. The van der Waals surface area contributed by atoms with Gasteiger partial charge in [-0.3, -0.25) is 5.10 Å². The van der Waals surface area contributed by atoms with Gasteiger partial charge in [0, 0.05) is 20.2 Å². The summed E-state index contributed by atoms with van der Waals surface area (Å²) in [5, 5.41) is 7.73. The van der Waals surface area contributed by atoms with E-state index < -0.39 is 0 Å². The number of nitrogens with zero attached hydrogens (tertiary/aromatic N) is 4. The summed E-state index contributed by atoms with van der Waals surface area (Å²) in [6.07, 6.45) is 4.15. The van der Waals surface area contributed by atoms with Gasteiger partial charge in [-0.25, -0.2) is 0 Å². The Bertz CT molecular complexity index is 553. The van der Waals surface area contributed by atoms with Crippen molar-refractivity contribution in [3.05, 3.63) is 6.20 Å². The van der Waals surface area contributed by atoms with E-state index in [-0.39, 0.29) is 12.1 Å². The molecule has 1 aliphatic heterocycles. The largest absolute Gasteiger partial charge is 0.380 e. The summed E-state index contributed by atoms with van der Waals surface area (Å²) >= 11 is 0. The number of piperidine rings is 1. The second kappa shape index (κ2) is 4.41. The molecule has 7 nitrogen and oxygen atoms in total. The van der Waals surface area contributed by atoms with Crippen molar-refractivity contribution in [1.82, 2.24) is 20.2 Å². The van der Waals surface area contributed by atoms with Crippen molar-refractivity contribution in [2.75, 3.05) is 30.8 Å². The van der Waals surface area contributed by atoms with Crippen molar-refractivity contribution in [2.24, 2.45) is 0 Å². The van der Waals surface area contributed by atoms with Gasteiger partial charge in [0.1, 0.15) is 5.82 Å². The Morgan fingerprint density at radius 2 is 2.39 bits per heavy atom. The Labute approximate surface area is 104 Å². The molecular formula is C11H16N6O. The second-order valence-corrected chi connectivity index (χ2v) is 4.48. The molecule has 1 aliphatic rings. The second-order valence-electron chi connectivity index (χ2n) is 4.48. The maximum atomic E-state index is 5.73. The molecule has 3 heterocycles. The van der Waals surface area contributed by atoms with Crippen LogP contribution in [0.3, 0.4) is 0 Å². The molecule has 18 heavy (non-hydrogen) atoms. The van der Waals surface area contributed by atoms with Gasteiger partial charge >= 0.3 is 0 Å². The summed E-state index contributed by atoms with van der Waals surface area (Å²) in [6, 6.07) is 0. The first-order chi connectivity index (χ1) is 8.78. The molecule has 7 heteroatoms.